The van der Waals surface area contributed by atoms with Gasteiger partial charge in [0.15, 0.2) is 0 Å². The number of anilines is 1. The smallest absolute Gasteiger partial charge is 0.339 e. The van der Waals surface area contributed by atoms with Gasteiger partial charge in [0.1, 0.15) is 11.4 Å². The lowest BCUT2D eigenvalue weighted by Gasteiger charge is -2.22. The Morgan fingerprint density at radius 3 is 2.65 bits per heavy atom. The first-order valence-electron chi connectivity index (χ1n) is 7.56. The summed E-state index contributed by atoms with van der Waals surface area (Å²) >= 11 is 1.63. The molecule has 0 aromatic carbocycles. The van der Waals surface area contributed by atoms with Crippen molar-refractivity contribution in [3.05, 3.63) is 34.7 Å². The van der Waals surface area contributed by atoms with Crippen LogP contribution in [0.2, 0.25) is 0 Å². The van der Waals surface area contributed by atoms with Crippen LogP contribution in [-0.2, 0) is 0 Å². The summed E-state index contributed by atoms with van der Waals surface area (Å²) < 4.78 is 0. The first-order valence-corrected chi connectivity index (χ1v) is 8.38. The van der Waals surface area contributed by atoms with Crippen molar-refractivity contribution < 1.29 is 15.0 Å². The summed E-state index contributed by atoms with van der Waals surface area (Å²) in [6, 6.07) is 7.37. The number of aromatic nitrogens is 1. The summed E-state index contributed by atoms with van der Waals surface area (Å²) in [7, 11) is 0. The molecule has 5 nitrogen and oxygen atoms in total. The molecule has 3 rings (SSSR count). The molecular weight excluding hydrogens is 312 g/mol. The molecule has 2 aromatic rings. The van der Waals surface area contributed by atoms with Crippen molar-refractivity contribution in [1.82, 2.24) is 4.98 Å². The van der Waals surface area contributed by atoms with Crippen LogP contribution in [0.15, 0.2) is 24.3 Å². The number of carboxylic acids is 1. The minimum absolute atomic E-state index is 0.0542. The molecule has 2 aromatic heterocycles. The molecule has 0 unspecified atom stereocenters. The standard InChI is InChI=1S/C17H20N2O3S/c1-10-8-19(9-17(10,3)22)15-12(16(20)21)5-6-13(18-15)14-7-4-11(2)23-14/h4-7,10,22H,8-9H2,1-3H3,(H,20,21)/t10-,17+/m1/s1. The average molecular weight is 332 g/mol. The minimum atomic E-state index is -0.999. The van der Waals surface area contributed by atoms with Crippen molar-refractivity contribution in [2.75, 3.05) is 18.0 Å². The Hall–Kier alpha value is -1.92. The van der Waals surface area contributed by atoms with E-state index in [1.165, 1.54) is 4.88 Å². The number of rotatable bonds is 3. The molecule has 1 saturated heterocycles. The molecular formula is C17H20N2O3S. The van der Waals surface area contributed by atoms with E-state index in [2.05, 4.69) is 4.98 Å². The third kappa shape index (κ3) is 2.96. The molecule has 0 radical (unpaired) electrons. The highest BCUT2D eigenvalue weighted by molar-refractivity contribution is 7.15. The number of carboxylic acid groups (broad SMARTS) is 1. The quantitative estimate of drug-likeness (QED) is 0.904. The van der Waals surface area contributed by atoms with E-state index >= 15 is 0 Å². The molecule has 0 spiro atoms. The van der Waals surface area contributed by atoms with Crippen molar-refractivity contribution in [2.45, 2.75) is 26.4 Å². The highest BCUT2D eigenvalue weighted by Crippen LogP contribution is 2.34. The van der Waals surface area contributed by atoms with Crippen LogP contribution < -0.4 is 4.90 Å². The molecule has 122 valence electrons. The number of aromatic carboxylic acids is 1. The number of β-amino-alcohol motifs (C(OH)–C–C–N with tert-alkyl or cyclic N) is 1. The van der Waals surface area contributed by atoms with Gasteiger partial charge in [0, 0.05) is 23.9 Å². The molecule has 6 heteroatoms. The molecule has 1 aliphatic rings. The number of pyridine rings is 1. The summed E-state index contributed by atoms with van der Waals surface area (Å²) in [5.41, 5.74) is 0.0988. The van der Waals surface area contributed by atoms with Gasteiger partial charge < -0.3 is 15.1 Å². The Balaban J connectivity index is 2.05. The van der Waals surface area contributed by atoms with Gasteiger partial charge in [-0.15, -0.1) is 11.3 Å². The van der Waals surface area contributed by atoms with Crippen LogP contribution in [0, 0.1) is 12.8 Å². The van der Waals surface area contributed by atoms with Crippen LogP contribution >= 0.6 is 11.3 Å². The van der Waals surface area contributed by atoms with Crippen LogP contribution in [-0.4, -0.2) is 39.9 Å². The van der Waals surface area contributed by atoms with E-state index in [0.29, 0.717) is 18.9 Å². The lowest BCUT2D eigenvalue weighted by atomic mass is 9.95. The van der Waals surface area contributed by atoms with Crippen molar-refractivity contribution in [3.8, 4) is 10.6 Å². The summed E-state index contributed by atoms with van der Waals surface area (Å²) in [6.45, 7) is 6.75. The van der Waals surface area contributed by atoms with Gasteiger partial charge in [-0.25, -0.2) is 9.78 Å². The van der Waals surface area contributed by atoms with Crippen molar-refractivity contribution in [3.63, 3.8) is 0 Å². The van der Waals surface area contributed by atoms with E-state index in [-0.39, 0.29) is 11.5 Å². The molecule has 0 bridgehead atoms. The van der Waals surface area contributed by atoms with Gasteiger partial charge in [-0.3, -0.25) is 0 Å². The maximum absolute atomic E-state index is 11.5. The number of hydrogen-bond donors (Lipinski definition) is 2. The SMILES string of the molecule is Cc1ccc(-c2ccc(C(=O)O)c(N3C[C@@H](C)[C@@](C)(O)C3)n2)s1. The largest absolute Gasteiger partial charge is 0.478 e. The number of thiophene rings is 1. The monoisotopic (exact) mass is 332 g/mol. The molecule has 1 fully saturated rings. The molecule has 0 aliphatic carbocycles. The predicted octanol–water partition coefficient (Wildman–Crippen LogP) is 3.02. The molecule has 2 atom stereocenters. The van der Waals surface area contributed by atoms with E-state index in [4.69, 9.17) is 0 Å². The average Bonchev–Trinajstić information content (AvgIpc) is 3.02. The van der Waals surface area contributed by atoms with E-state index in [0.717, 1.165) is 10.6 Å². The lowest BCUT2D eigenvalue weighted by molar-refractivity contribution is 0.0442. The van der Waals surface area contributed by atoms with Gasteiger partial charge in [0.25, 0.3) is 0 Å². The number of carbonyl (C=O) groups is 1. The Labute approximate surface area is 139 Å². The van der Waals surface area contributed by atoms with Gasteiger partial charge >= 0.3 is 5.97 Å². The van der Waals surface area contributed by atoms with E-state index in [9.17, 15) is 15.0 Å². The fourth-order valence-corrected chi connectivity index (χ4v) is 3.70. The molecule has 1 aliphatic heterocycles. The zero-order valence-corrected chi connectivity index (χ0v) is 14.2. The molecule has 3 heterocycles. The van der Waals surface area contributed by atoms with Gasteiger partial charge in [-0.1, -0.05) is 6.92 Å². The second kappa shape index (κ2) is 5.62. The zero-order chi connectivity index (χ0) is 16.8. The van der Waals surface area contributed by atoms with Crippen LogP contribution in [0.3, 0.4) is 0 Å². The Morgan fingerprint density at radius 2 is 2.13 bits per heavy atom. The topological polar surface area (TPSA) is 73.7 Å². The second-order valence-electron chi connectivity index (χ2n) is 6.42. The number of hydrogen-bond acceptors (Lipinski definition) is 5. The highest BCUT2D eigenvalue weighted by atomic mass is 32.1. The summed E-state index contributed by atoms with van der Waals surface area (Å²) in [6.07, 6.45) is 0. The van der Waals surface area contributed by atoms with Crippen molar-refractivity contribution in [1.29, 1.82) is 0 Å². The van der Waals surface area contributed by atoms with Gasteiger partial charge in [0.2, 0.25) is 0 Å². The van der Waals surface area contributed by atoms with E-state index in [1.807, 2.05) is 30.9 Å². The fourth-order valence-electron chi connectivity index (χ4n) is 2.86. The van der Waals surface area contributed by atoms with Gasteiger partial charge in [-0.05, 0) is 38.1 Å². The number of nitrogens with zero attached hydrogens (tertiary/aromatic N) is 2. The fraction of sp³-hybridized carbons (Fsp3) is 0.412. The molecule has 2 N–H and O–H groups in total. The third-order valence-corrected chi connectivity index (χ3v) is 5.49. The van der Waals surface area contributed by atoms with Crippen LogP contribution in [0.5, 0.6) is 0 Å². The highest BCUT2D eigenvalue weighted by Gasteiger charge is 2.40. The first kappa shape index (κ1) is 16.0. The molecule has 0 amide bonds. The Morgan fingerprint density at radius 1 is 1.39 bits per heavy atom. The normalized spacial score (nSPS) is 24.2. The second-order valence-corrected chi connectivity index (χ2v) is 7.71. The summed E-state index contributed by atoms with van der Waals surface area (Å²) in [5.74, 6) is -0.509. The van der Waals surface area contributed by atoms with Crippen LogP contribution in [0.25, 0.3) is 10.6 Å². The summed E-state index contributed by atoms with van der Waals surface area (Å²) in [4.78, 5) is 20.2. The molecule has 23 heavy (non-hydrogen) atoms. The van der Waals surface area contributed by atoms with Gasteiger partial charge in [-0.2, -0.15) is 0 Å². The molecule has 0 saturated carbocycles. The summed E-state index contributed by atoms with van der Waals surface area (Å²) in [5, 5.41) is 19.9. The van der Waals surface area contributed by atoms with Crippen LogP contribution in [0.1, 0.15) is 29.1 Å². The number of aliphatic hydroxyl groups is 1. The minimum Gasteiger partial charge on any atom is -0.478 e. The van der Waals surface area contributed by atoms with Crippen molar-refractivity contribution >= 4 is 23.1 Å². The van der Waals surface area contributed by atoms with Crippen LogP contribution in [0.4, 0.5) is 5.82 Å². The Bertz CT molecular complexity index is 754. The first-order chi connectivity index (χ1) is 10.8. The van der Waals surface area contributed by atoms with Crippen molar-refractivity contribution in [2.24, 2.45) is 5.92 Å². The maximum atomic E-state index is 11.5. The Kier molecular flexibility index (Phi) is 3.90. The third-order valence-electron chi connectivity index (χ3n) is 4.46. The van der Waals surface area contributed by atoms with E-state index < -0.39 is 11.6 Å². The predicted molar refractivity (Wildman–Crippen MR) is 91.2 cm³/mol. The van der Waals surface area contributed by atoms with Gasteiger partial charge in [0.05, 0.1) is 16.2 Å². The maximum Gasteiger partial charge on any atom is 0.339 e. The van der Waals surface area contributed by atoms with E-state index in [1.54, 1.807) is 30.4 Å². The zero-order valence-electron chi connectivity index (χ0n) is 13.4. The number of aryl methyl sites for hydroxylation is 1. The lowest BCUT2D eigenvalue weighted by Crippen LogP contribution is -2.33.